The molecular formula is C15H24ClN3O2. The van der Waals surface area contributed by atoms with Gasteiger partial charge in [-0.3, -0.25) is 9.59 Å². The number of hydrogen-bond donors (Lipinski definition) is 1. The lowest BCUT2D eigenvalue weighted by Crippen LogP contribution is -2.41. The molecule has 2 N–H and O–H groups in total. The largest absolute Gasteiger partial charge is 0.342 e. The molecule has 0 heterocycles. The molecule has 0 aliphatic carbocycles. The van der Waals surface area contributed by atoms with Gasteiger partial charge in [0.15, 0.2) is 0 Å². The number of nitrogens with zero attached hydrogens (tertiary/aromatic N) is 2. The molecule has 0 saturated heterocycles. The lowest BCUT2D eigenvalue weighted by molar-refractivity contribution is -0.131. The molecule has 0 aliphatic heterocycles. The van der Waals surface area contributed by atoms with Crippen LogP contribution in [0.25, 0.3) is 0 Å². The van der Waals surface area contributed by atoms with Crippen LogP contribution >= 0.6 is 12.4 Å². The third kappa shape index (κ3) is 5.36. The van der Waals surface area contributed by atoms with Crippen LogP contribution in [0.5, 0.6) is 0 Å². The molecule has 0 aliphatic rings. The zero-order chi connectivity index (χ0) is 15.1. The lowest BCUT2D eigenvalue weighted by Gasteiger charge is -2.23. The number of amides is 2. The van der Waals surface area contributed by atoms with Crippen molar-refractivity contribution in [1.29, 1.82) is 0 Å². The quantitative estimate of drug-likeness (QED) is 0.865. The molecule has 118 valence electrons. The monoisotopic (exact) mass is 313 g/mol. The van der Waals surface area contributed by atoms with Crippen molar-refractivity contribution in [3.8, 4) is 0 Å². The second-order valence-electron chi connectivity index (χ2n) is 4.63. The summed E-state index contributed by atoms with van der Waals surface area (Å²) in [6.45, 7) is 5.71. The summed E-state index contributed by atoms with van der Waals surface area (Å²) in [7, 11) is 1.64. The average molecular weight is 314 g/mol. The van der Waals surface area contributed by atoms with Crippen molar-refractivity contribution >= 4 is 24.2 Å². The molecule has 1 aromatic rings. The molecule has 0 atom stereocenters. The van der Waals surface area contributed by atoms with Gasteiger partial charge in [-0.15, -0.1) is 12.4 Å². The van der Waals surface area contributed by atoms with Crippen LogP contribution in [-0.2, 0) is 11.3 Å². The summed E-state index contributed by atoms with van der Waals surface area (Å²) < 4.78 is 0. The summed E-state index contributed by atoms with van der Waals surface area (Å²) in [6, 6.07) is 7.13. The minimum absolute atomic E-state index is 0. The van der Waals surface area contributed by atoms with E-state index in [-0.39, 0.29) is 30.8 Å². The van der Waals surface area contributed by atoms with Gasteiger partial charge >= 0.3 is 0 Å². The lowest BCUT2D eigenvalue weighted by atomic mass is 10.1. The average Bonchev–Trinajstić information content (AvgIpc) is 2.47. The normalized spacial score (nSPS) is 9.71. The van der Waals surface area contributed by atoms with Crippen LogP contribution < -0.4 is 5.73 Å². The number of halogens is 1. The van der Waals surface area contributed by atoms with Gasteiger partial charge in [0, 0.05) is 32.2 Å². The van der Waals surface area contributed by atoms with Crippen molar-refractivity contribution in [3.63, 3.8) is 0 Å². The molecule has 1 rings (SSSR count). The molecule has 0 unspecified atom stereocenters. The van der Waals surface area contributed by atoms with E-state index in [4.69, 9.17) is 5.73 Å². The molecule has 0 spiro atoms. The molecule has 0 aromatic heterocycles. The Balaban J connectivity index is 0.00000400. The summed E-state index contributed by atoms with van der Waals surface area (Å²) >= 11 is 0. The number of nitrogens with two attached hydrogens (primary N) is 1. The van der Waals surface area contributed by atoms with Crippen LogP contribution in [0.2, 0.25) is 0 Å². The van der Waals surface area contributed by atoms with Gasteiger partial charge in [0.1, 0.15) is 0 Å². The molecular weight excluding hydrogens is 290 g/mol. The van der Waals surface area contributed by atoms with E-state index in [1.54, 1.807) is 24.1 Å². The van der Waals surface area contributed by atoms with Crippen LogP contribution in [0.3, 0.4) is 0 Å². The van der Waals surface area contributed by atoms with Gasteiger partial charge in [-0.05, 0) is 31.5 Å². The molecule has 2 amide bonds. The third-order valence-corrected chi connectivity index (χ3v) is 3.27. The van der Waals surface area contributed by atoms with Gasteiger partial charge in [0.05, 0.1) is 6.54 Å². The Kier molecular flexibility index (Phi) is 8.66. The van der Waals surface area contributed by atoms with Gasteiger partial charge in [-0.1, -0.05) is 12.1 Å². The molecule has 6 heteroatoms. The third-order valence-electron chi connectivity index (χ3n) is 3.27. The summed E-state index contributed by atoms with van der Waals surface area (Å²) in [6.07, 6.45) is 0. The second kappa shape index (κ2) is 9.37. The summed E-state index contributed by atoms with van der Waals surface area (Å²) in [5.41, 5.74) is 7.06. The highest BCUT2D eigenvalue weighted by molar-refractivity contribution is 5.96. The van der Waals surface area contributed by atoms with E-state index in [2.05, 4.69) is 0 Å². The number of likely N-dealkylation sites (N-methyl/N-ethyl adjacent to an activating group) is 2. The van der Waals surface area contributed by atoms with E-state index in [1.165, 1.54) is 4.90 Å². The fourth-order valence-electron chi connectivity index (χ4n) is 1.95. The maximum absolute atomic E-state index is 12.2. The fraction of sp³-hybridized carbons (Fsp3) is 0.467. The zero-order valence-corrected chi connectivity index (χ0v) is 13.7. The van der Waals surface area contributed by atoms with Crippen molar-refractivity contribution in [2.24, 2.45) is 5.73 Å². The Bertz CT molecular complexity index is 458. The summed E-state index contributed by atoms with van der Waals surface area (Å²) in [5, 5.41) is 0. The maximum Gasteiger partial charge on any atom is 0.254 e. The van der Waals surface area contributed by atoms with Crippen molar-refractivity contribution in [2.75, 3.05) is 26.7 Å². The fourth-order valence-corrected chi connectivity index (χ4v) is 1.95. The second-order valence-corrected chi connectivity index (χ2v) is 4.63. The van der Waals surface area contributed by atoms with Gasteiger partial charge in [-0.2, -0.15) is 0 Å². The van der Waals surface area contributed by atoms with Crippen molar-refractivity contribution in [1.82, 2.24) is 9.80 Å². The van der Waals surface area contributed by atoms with Crippen LogP contribution in [0.4, 0.5) is 0 Å². The molecule has 5 nitrogen and oxygen atoms in total. The van der Waals surface area contributed by atoms with Crippen LogP contribution in [0.15, 0.2) is 24.3 Å². The first-order valence-corrected chi connectivity index (χ1v) is 6.85. The summed E-state index contributed by atoms with van der Waals surface area (Å²) in [4.78, 5) is 27.3. The standard InChI is InChI=1S/C15H23N3O2.ClH/c1-4-18(5-2)14(19)11-17(3)15(20)13-8-6-12(10-16)7-9-13;/h6-9H,4-5,10-11,16H2,1-3H3;1H. The Morgan fingerprint density at radius 3 is 2.05 bits per heavy atom. The SMILES string of the molecule is CCN(CC)C(=O)CN(C)C(=O)c1ccc(CN)cc1.Cl. The van der Waals surface area contributed by atoms with E-state index in [0.29, 0.717) is 25.2 Å². The first-order chi connectivity index (χ1) is 9.53. The van der Waals surface area contributed by atoms with Crippen molar-refractivity contribution < 1.29 is 9.59 Å². The van der Waals surface area contributed by atoms with Crippen LogP contribution in [0.1, 0.15) is 29.8 Å². The minimum atomic E-state index is -0.158. The minimum Gasteiger partial charge on any atom is -0.342 e. The van der Waals surface area contributed by atoms with Crippen molar-refractivity contribution in [3.05, 3.63) is 35.4 Å². The summed E-state index contributed by atoms with van der Waals surface area (Å²) in [5.74, 6) is -0.196. The smallest absolute Gasteiger partial charge is 0.254 e. The number of rotatable bonds is 6. The highest BCUT2D eigenvalue weighted by Crippen LogP contribution is 2.07. The maximum atomic E-state index is 12.2. The Morgan fingerprint density at radius 2 is 1.62 bits per heavy atom. The van der Waals surface area contributed by atoms with Gasteiger partial charge in [0.2, 0.25) is 5.91 Å². The Morgan fingerprint density at radius 1 is 1.10 bits per heavy atom. The predicted molar refractivity (Wildman–Crippen MR) is 86.5 cm³/mol. The number of hydrogen-bond acceptors (Lipinski definition) is 3. The Hall–Kier alpha value is -1.59. The first-order valence-electron chi connectivity index (χ1n) is 6.85. The number of carbonyl (C=O) groups excluding carboxylic acids is 2. The van der Waals surface area contributed by atoms with Crippen molar-refractivity contribution in [2.45, 2.75) is 20.4 Å². The highest BCUT2D eigenvalue weighted by Gasteiger charge is 2.17. The van der Waals surface area contributed by atoms with Crippen LogP contribution in [-0.4, -0.2) is 48.3 Å². The van der Waals surface area contributed by atoms with E-state index in [0.717, 1.165) is 5.56 Å². The van der Waals surface area contributed by atoms with Gasteiger partial charge in [0.25, 0.3) is 5.91 Å². The van der Waals surface area contributed by atoms with E-state index >= 15 is 0 Å². The topological polar surface area (TPSA) is 66.6 Å². The first kappa shape index (κ1) is 19.4. The molecule has 1 aromatic carbocycles. The predicted octanol–water partition coefficient (Wildman–Crippen LogP) is 1.51. The molecule has 21 heavy (non-hydrogen) atoms. The van der Waals surface area contributed by atoms with Crippen LogP contribution in [0, 0.1) is 0 Å². The van der Waals surface area contributed by atoms with Gasteiger partial charge in [-0.25, -0.2) is 0 Å². The zero-order valence-electron chi connectivity index (χ0n) is 12.8. The number of benzene rings is 1. The highest BCUT2D eigenvalue weighted by atomic mass is 35.5. The molecule has 0 fully saturated rings. The van der Waals surface area contributed by atoms with E-state index in [1.807, 2.05) is 26.0 Å². The molecule has 0 saturated carbocycles. The number of carbonyl (C=O) groups is 2. The molecule has 0 bridgehead atoms. The Labute approximate surface area is 132 Å². The van der Waals surface area contributed by atoms with E-state index < -0.39 is 0 Å². The molecule has 0 radical (unpaired) electrons. The van der Waals surface area contributed by atoms with Gasteiger partial charge < -0.3 is 15.5 Å². The van der Waals surface area contributed by atoms with E-state index in [9.17, 15) is 9.59 Å².